The van der Waals surface area contributed by atoms with E-state index in [2.05, 4.69) is 20.1 Å². The van der Waals surface area contributed by atoms with Crippen LogP contribution in [0.5, 0.6) is 0 Å². The number of carbonyl (C=O) groups excluding carboxylic acids is 1. The van der Waals surface area contributed by atoms with E-state index in [1.807, 2.05) is 49.4 Å². The van der Waals surface area contributed by atoms with Gasteiger partial charge in [-0.3, -0.25) is 4.79 Å². The van der Waals surface area contributed by atoms with E-state index in [0.29, 0.717) is 11.4 Å². The van der Waals surface area contributed by atoms with Crippen LogP contribution in [0.3, 0.4) is 0 Å². The van der Waals surface area contributed by atoms with Gasteiger partial charge in [-0.05, 0) is 48.9 Å². The van der Waals surface area contributed by atoms with Crippen LogP contribution >= 0.6 is 0 Å². The van der Waals surface area contributed by atoms with Crippen molar-refractivity contribution in [3.8, 4) is 0 Å². The van der Waals surface area contributed by atoms with Crippen LogP contribution < -0.4 is 15.1 Å². The first kappa shape index (κ1) is 18.9. The highest BCUT2D eigenvalue weighted by molar-refractivity contribution is 6.03. The number of anilines is 3. The van der Waals surface area contributed by atoms with Crippen LogP contribution in [0.2, 0.25) is 0 Å². The number of para-hydroxylation sites is 1. The second kappa shape index (κ2) is 8.31. The Kier molecular flexibility index (Phi) is 5.42. The summed E-state index contributed by atoms with van der Waals surface area (Å²) >= 11 is 0. The largest absolute Gasteiger partial charge is 0.367 e. The standard InChI is InChI=1S/C23H23FN4O/c1-17-5-4-6-18(15-17)26-23(29)21-10-9-19(16-25-21)27-11-13-28(14-12-27)22-8-3-2-7-20(22)24/h2-10,15-16H,11-14H2,1H3,(H,26,29). The number of aromatic nitrogens is 1. The molecule has 6 heteroatoms. The lowest BCUT2D eigenvalue weighted by molar-refractivity contribution is 0.102. The van der Waals surface area contributed by atoms with Gasteiger partial charge in [0.2, 0.25) is 0 Å². The van der Waals surface area contributed by atoms with E-state index in [9.17, 15) is 9.18 Å². The summed E-state index contributed by atoms with van der Waals surface area (Å²) in [6, 6.07) is 18.2. The molecule has 148 valence electrons. The molecule has 3 aromatic rings. The second-order valence-electron chi connectivity index (χ2n) is 7.15. The zero-order chi connectivity index (χ0) is 20.2. The third kappa shape index (κ3) is 4.37. The fourth-order valence-electron chi connectivity index (χ4n) is 3.54. The minimum atomic E-state index is -0.230. The lowest BCUT2D eigenvalue weighted by atomic mass is 10.2. The quantitative estimate of drug-likeness (QED) is 0.728. The molecule has 0 radical (unpaired) electrons. The zero-order valence-electron chi connectivity index (χ0n) is 16.3. The van der Waals surface area contributed by atoms with E-state index in [1.165, 1.54) is 6.07 Å². The van der Waals surface area contributed by atoms with Gasteiger partial charge in [-0.25, -0.2) is 9.37 Å². The highest BCUT2D eigenvalue weighted by Crippen LogP contribution is 2.22. The molecule has 1 fully saturated rings. The number of hydrogen-bond acceptors (Lipinski definition) is 4. The Morgan fingerprint density at radius 2 is 1.72 bits per heavy atom. The normalized spacial score (nSPS) is 14.0. The number of nitrogens with one attached hydrogen (secondary N) is 1. The number of carbonyl (C=O) groups is 1. The summed E-state index contributed by atoms with van der Waals surface area (Å²) in [6.45, 7) is 4.98. The van der Waals surface area contributed by atoms with Gasteiger partial charge in [0.25, 0.3) is 5.91 Å². The van der Waals surface area contributed by atoms with Crippen LogP contribution in [0.25, 0.3) is 0 Å². The molecule has 1 N–H and O–H groups in total. The Morgan fingerprint density at radius 1 is 0.966 bits per heavy atom. The van der Waals surface area contributed by atoms with E-state index in [0.717, 1.165) is 43.1 Å². The zero-order valence-corrected chi connectivity index (χ0v) is 16.3. The Labute approximate surface area is 169 Å². The molecular formula is C23H23FN4O. The fraction of sp³-hybridized carbons (Fsp3) is 0.217. The SMILES string of the molecule is Cc1cccc(NC(=O)c2ccc(N3CCN(c4ccccc4F)CC3)cn2)c1. The molecule has 29 heavy (non-hydrogen) atoms. The summed E-state index contributed by atoms with van der Waals surface area (Å²) in [7, 11) is 0. The number of nitrogens with zero attached hydrogens (tertiary/aromatic N) is 3. The minimum absolute atomic E-state index is 0.188. The van der Waals surface area contributed by atoms with Crippen LogP contribution in [0.15, 0.2) is 66.9 Å². The number of hydrogen-bond donors (Lipinski definition) is 1. The topological polar surface area (TPSA) is 48.5 Å². The maximum Gasteiger partial charge on any atom is 0.274 e. The predicted molar refractivity (Wildman–Crippen MR) is 114 cm³/mol. The van der Waals surface area contributed by atoms with Gasteiger partial charge in [-0.15, -0.1) is 0 Å². The molecule has 1 amide bonds. The van der Waals surface area contributed by atoms with E-state index in [-0.39, 0.29) is 11.7 Å². The van der Waals surface area contributed by atoms with Crippen LogP contribution in [0.1, 0.15) is 16.1 Å². The maximum absolute atomic E-state index is 14.0. The molecule has 4 rings (SSSR count). The van der Waals surface area contributed by atoms with E-state index in [4.69, 9.17) is 0 Å². The summed E-state index contributed by atoms with van der Waals surface area (Å²) in [4.78, 5) is 21.0. The van der Waals surface area contributed by atoms with Crippen molar-refractivity contribution in [3.63, 3.8) is 0 Å². The molecule has 0 aliphatic carbocycles. The van der Waals surface area contributed by atoms with Gasteiger partial charge in [0.05, 0.1) is 17.6 Å². The van der Waals surface area contributed by atoms with Crippen molar-refractivity contribution >= 4 is 23.0 Å². The third-order valence-corrected chi connectivity index (χ3v) is 5.09. The average molecular weight is 390 g/mol. The molecule has 1 aromatic heterocycles. The second-order valence-corrected chi connectivity index (χ2v) is 7.15. The fourth-order valence-corrected chi connectivity index (χ4v) is 3.54. The van der Waals surface area contributed by atoms with E-state index in [1.54, 1.807) is 18.3 Å². The van der Waals surface area contributed by atoms with Crippen molar-refractivity contribution in [2.24, 2.45) is 0 Å². The van der Waals surface area contributed by atoms with Crippen molar-refractivity contribution < 1.29 is 9.18 Å². The highest BCUT2D eigenvalue weighted by atomic mass is 19.1. The number of rotatable bonds is 4. The summed E-state index contributed by atoms with van der Waals surface area (Å²) in [5.41, 5.74) is 3.82. The summed E-state index contributed by atoms with van der Waals surface area (Å²) in [5.74, 6) is -0.418. The Balaban J connectivity index is 1.37. The molecule has 2 aromatic carbocycles. The monoisotopic (exact) mass is 390 g/mol. The van der Waals surface area contributed by atoms with E-state index < -0.39 is 0 Å². The first-order valence-corrected chi connectivity index (χ1v) is 9.69. The average Bonchev–Trinajstić information content (AvgIpc) is 2.74. The van der Waals surface area contributed by atoms with Gasteiger partial charge < -0.3 is 15.1 Å². The van der Waals surface area contributed by atoms with Gasteiger partial charge in [-0.1, -0.05) is 24.3 Å². The molecule has 5 nitrogen and oxygen atoms in total. The summed E-state index contributed by atoms with van der Waals surface area (Å²) in [6.07, 6.45) is 1.73. The van der Waals surface area contributed by atoms with Gasteiger partial charge in [0.1, 0.15) is 11.5 Å². The van der Waals surface area contributed by atoms with Gasteiger partial charge in [-0.2, -0.15) is 0 Å². The molecule has 0 bridgehead atoms. The van der Waals surface area contributed by atoms with Crippen LogP contribution in [-0.2, 0) is 0 Å². The van der Waals surface area contributed by atoms with E-state index >= 15 is 0 Å². The number of benzene rings is 2. The first-order valence-electron chi connectivity index (χ1n) is 9.69. The third-order valence-electron chi connectivity index (χ3n) is 5.09. The van der Waals surface area contributed by atoms with Crippen molar-refractivity contribution in [2.75, 3.05) is 41.3 Å². The Bertz CT molecular complexity index is 998. The maximum atomic E-state index is 14.0. The first-order chi connectivity index (χ1) is 14.1. The highest BCUT2D eigenvalue weighted by Gasteiger charge is 2.20. The van der Waals surface area contributed by atoms with Crippen molar-refractivity contribution in [2.45, 2.75) is 6.92 Å². The number of halogens is 1. The molecule has 1 aliphatic heterocycles. The molecule has 0 atom stereocenters. The van der Waals surface area contributed by atoms with Crippen molar-refractivity contribution in [1.29, 1.82) is 0 Å². The summed E-state index contributed by atoms with van der Waals surface area (Å²) < 4.78 is 14.0. The van der Waals surface area contributed by atoms with Crippen LogP contribution in [-0.4, -0.2) is 37.1 Å². The predicted octanol–water partition coefficient (Wildman–Crippen LogP) is 4.11. The molecule has 1 saturated heterocycles. The molecule has 1 aliphatic rings. The minimum Gasteiger partial charge on any atom is -0.367 e. The van der Waals surface area contributed by atoms with Gasteiger partial charge >= 0.3 is 0 Å². The Morgan fingerprint density at radius 3 is 2.41 bits per heavy atom. The molecule has 2 heterocycles. The lowest BCUT2D eigenvalue weighted by Gasteiger charge is -2.37. The van der Waals surface area contributed by atoms with Gasteiger partial charge in [0.15, 0.2) is 0 Å². The molecule has 0 saturated carbocycles. The van der Waals surface area contributed by atoms with Crippen LogP contribution in [0.4, 0.5) is 21.5 Å². The number of amides is 1. The summed E-state index contributed by atoms with van der Waals surface area (Å²) in [5, 5.41) is 2.87. The Hall–Kier alpha value is -3.41. The molecular weight excluding hydrogens is 367 g/mol. The number of pyridine rings is 1. The number of piperazine rings is 1. The van der Waals surface area contributed by atoms with Crippen LogP contribution in [0, 0.1) is 12.7 Å². The number of aryl methyl sites for hydroxylation is 1. The van der Waals surface area contributed by atoms with Crippen molar-refractivity contribution in [1.82, 2.24) is 4.98 Å². The van der Waals surface area contributed by atoms with Gasteiger partial charge in [0, 0.05) is 31.9 Å². The lowest BCUT2D eigenvalue weighted by Crippen LogP contribution is -2.46. The molecule has 0 unspecified atom stereocenters. The van der Waals surface area contributed by atoms with Crippen molar-refractivity contribution in [3.05, 3.63) is 83.9 Å². The smallest absolute Gasteiger partial charge is 0.274 e. The molecule has 0 spiro atoms.